The third kappa shape index (κ3) is 3.66. The molecule has 1 N–H and O–H groups in total. The van der Waals surface area contributed by atoms with Gasteiger partial charge in [-0.15, -0.1) is 0 Å². The summed E-state index contributed by atoms with van der Waals surface area (Å²) in [5.74, 6) is -0.0423. The van der Waals surface area contributed by atoms with Crippen LogP contribution >= 0.6 is 0 Å². The smallest absolute Gasteiger partial charge is 0.337 e. The van der Waals surface area contributed by atoms with Crippen LogP contribution in [0.2, 0.25) is 0 Å². The average molecular weight is 430 g/mol. The molecule has 1 amide bonds. The first kappa shape index (κ1) is 21.0. The van der Waals surface area contributed by atoms with Crippen LogP contribution in [0.1, 0.15) is 11.1 Å². The SMILES string of the molecule is COc1ccccc1-n1c(=O)n(CC(=O)Nc2cccc(C)c2C)c(=O)c2cccnc21. The van der Waals surface area contributed by atoms with Crippen LogP contribution in [0.4, 0.5) is 5.69 Å². The molecule has 4 aromatic rings. The van der Waals surface area contributed by atoms with Crippen molar-refractivity contribution in [2.75, 3.05) is 12.4 Å². The Balaban J connectivity index is 1.86. The number of aromatic nitrogens is 3. The van der Waals surface area contributed by atoms with Crippen molar-refractivity contribution in [3.63, 3.8) is 0 Å². The highest BCUT2D eigenvalue weighted by Gasteiger charge is 2.19. The number of rotatable bonds is 5. The van der Waals surface area contributed by atoms with E-state index in [1.807, 2.05) is 26.0 Å². The van der Waals surface area contributed by atoms with Crippen molar-refractivity contribution in [1.82, 2.24) is 14.1 Å². The fourth-order valence-electron chi connectivity index (χ4n) is 3.58. The van der Waals surface area contributed by atoms with Crippen molar-refractivity contribution in [2.24, 2.45) is 0 Å². The van der Waals surface area contributed by atoms with E-state index in [4.69, 9.17) is 4.74 Å². The van der Waals surface area contributed by atoms with Gasteiger partial charge in [0.25, 0.3) is 5.56 Å². The van der Waals surface area contributed by atoms with Crippen molar-refractivity contribution in [3.05, 3.63) is 92.8 Å². The molecule has 0 bridgehead atoms. The molecule has 4 rings (SSSR count). The molecule has 0 unspecified atom stereocenters. The van der Waals surface area contributed by atoms with Crippen LogP contribution in [0.15, 0.2) is 70.4 Å². The van der Waals surface area contributed by atoms with Gasteiger partial charge in [0.2, 0.25) is 5.91 Å². The third-order valence-electron chi connectivity index (χ3n) is 5.40. The molecule has 162 valence electrons. The van der Waals surface area contributed by atoms with E-state index in [1.54, 1.807) is 42.5 Å². The summed E-state index contributed by atoms with van der Waals surface area (Å²) in [6.07, 6.45) is 1.50. The van der Waals surface area contributed by atoms with Gasteiger partial charge in [0.15, 0.2) is 5.65 Å². The number of nitrogens with zero attached hydrogens (tertiary/aromatic N) is 3. The van der Waals surface area contributed by atoms with Crippen LogP contribution < -0.4 is 21.3 Å². The summed E-state index contributed by atoms with van der Waals surface area (Å²) in [6, 6.07) is 15.7. The minimum Gasteiger partial charge on any atom is -0.495 e. The number of para-hydroxylation sites is 2. The Morgan fingerprint density at radius 3 is 2.59 bits per heavy atom. The summed E-state index contributed by atoms with van der Waals surface area (Å²) >= 11 is 0. The Morgan fingerprint density at radius 2 is 1.81 bits per heavy atom. The van der Waals surface area contributed by atoms with Crippen molar-refractivity contribution in [2.45, 2.75) is 20.4 Å². The van der Waals surface area contributed by atoms with E-state index in [-0.39, 0.29) is 11.0 Å². The summed E-state index contributed by atoms with van der Waals surface area (Å²) in [7, 11) is 1.49. The second-order valence-corrected chi connectivity index (χ2v) is 7.35. The predicted molar refractivity (Wildman–Crippen MR) is 123 cm³/mol. The Morgan fingerprint density at radius 1 is 1.03 bits per heavy atom. The highest BCUT2D eigenvalue weighted by molar-refractivity contribution is 5.91. The fourth-order valence-corrected chi connectivity index (χ4v) is 3.58. The Bertz CT molecular complexity index is 1450. The molecule has 32 heavy (non-hydrogen) atoms. The number of carbonyl (C=O) groups excluding carboxylic acids is 1. The monoisotopic (exact) mass is 430 g/mol. The molecule has 2 heterocycles. The summed E-state index contributed by atoms with van der Waals surface area (Å²) < 4.78 is 7.61. The third-order valence-corrected chi connectivity index (χ3v) is 5.40. The zero-order chi connectivity index (χ0) is 22.8. The Hall–Kier alpha value is -4.20. The molecule has 0 spiro atoms. The van der Waals surface area contributed by atoms with Crippen LogP contribution in [0, 0.1) is 13.8 Å². The van der Waals surface area contributed by atoms with E-state index in [0.29, 0.717) is 17.1 Å². The number of carbonyl (C=O) groups is 1. The average Bonchev–Trinajstić information content (AvgIpc) is 2.80. The van der Waals surface area contributed by atoms with Gasteiger partial charge in [-0.25, -0.2) is 18.9 Å². The molecular formula is C24H22N4O4. The normalized spacial score (nSPS) is 10.8. The number of amides is 1. The van der Waals surface area contributed by atoms with Crippen molar-refractivity contribution in [3.8, 4) is 11.4 Å². The molecule has 0 aliphatic heterocycles. The van der Waals surface area contributed by atoms with Crippen LogP contribution in [0.25, 0.3) is 16.7 Å². The number of methoxy groups -OCH3 is 1. The van der Waals surface area contributed by atoms with E-state index in [2.05, 4.69) is 10.3 Å². The molecule has 2 aromatic carbocycles. The fraction of sp³-hybridized carbons (Fsp3) is 0.167. The first-order valence-corrected chi connectivity index (χ1v) is 10.0. The van der Waals surface area contributed by atoms with Gasteiger partial charge in [-0.05, 0) is 55.3 Å². The van der Waals surface area contributed by atoms with Gasteiger partial charge in [-0.3, -0.25) is 9.59 Å². The van der Waals surface area contributed by atoms with Crippen LogP contribution in [-0.2, 0) is 11.3 Å². The first-order chi connectivity index (χ1) is 15.4. The first-order valence-electron chi connectivity index (χ1n) is 10.0. The van der Waals surface area contributed by atoms with Crippen molar-refractivity contribution in [1.29, 1.82) is 0 Å². The number of aryl methyl sites for hydroxylation is 1. The lowest BCUT2D eigenvalue weighted by molar-refractivity contribution is -0.116. The minimum absolute atomic E-state index is 0.193. The number of pyridine rings is 1. The Labute approximate surface area is 183 Å². The lowest BCUT2D eigenvalue weighted by atomic mass is 10.1. The van der Waals surface area contributed by atoms with Gasteiger partial charge in [0, 0.05) is 11.9 Å². The molecule has 8 nitrogen and oxygen atoms in total. The van der Waals surface area contributed by atoms with Gasteiger partial charge < -0.3 is 10.1 Å². The van der Waals surface area contributed by atoms with Crippen LogP contribution in [-0.4, -0.2) is 27.1 Å². The number of hydrogen-bond donors (Lipinski definition) is 1. The number of fused-ring (bicyclic) bond motifs is 1. The molecule has 8 heteroatoms. The number of benzene rings is 2. The van der Waals surface area contributed by atoms with E-state index < -0.39 is 23.7 Å². The highest BCUT2D eigenvalue weighted by Crippen LogP contribution is 2.23. The van der Waals surface area contributed by atoms with Gasteiger partial charge >= 0.3 is 5.69 Å². The number of anilines is 1. The predicted octanol–water partition coefficient (Wildman–Crippen LogP) is 2.81. The topological polar surface area (TPSA) is 95.2 Å². The van der Waals surface area contributed by atoms with Gasteiger partial charge in [0.05, 0.1) is 18.2 Å². The number of nitrogens with one attached hydrogen (secondary N) is 1. The van der Waals surface area contributed by atoms with Gasteiger partial charge in [-0.2, -0.15) is 0 Å². The van der Waals surface area contributed by atoms with E-state index in [9.17, 15) is 14.4 Å². The molecular weight excluding hydrogens is 408 g/mol. The van der Waals surface area contributed by atoms with Gasteiger partial charge in [-0.1, -0.05) is 24.3 Å². The van der Waals surface area contributed by atoms with E-state index in [1.165, 1.54) is 17.9 Å². The standard InChI is InChI=1S/C24H22N4O4/c1-15-8-6-10-18(16(15)2)26-21(29)14-27-23(30)17-9-7-13-25-22(17)28(24(27)31)19-11-4-5-12-20(19)32-3/h4-13H,14H2,1-3H3,(H,26,29). The summed E-state index contributed by atoms with van der Waals surface area (Å²) in [5, 5.41) is 3.02. The lowest BCUT2D eigenvalue weighted by Crippen LogP contribution is -2.42. The van der Waals surface area contributed by atoms with Crippen molar-refractivity contribution < 1.29 is 9.53 Å². The summed E-state index contributed by atoms with van der Waals surface area (Å²) in [6.45, 7) is 3.40. The zero-order valence-corrected chi connectivity index (χ0v) is 18.0. The largest absolute Gasteiger partial charge is 0.495 e. The second kappa shape index (κ2) is 8.50. The minimum atomic E-state index is -0.679. The quantitative estimate of drug-likeness (QED) is 0.525. The number of hydrogen-bond acceptors (Lipinski definition) is 5. The lowest BCUT2D eigenvalue weighted by Gasteiger charge is -2.16. The summed E-state index contributed by atoms with van der Waals surface area (Å²) in [5.41, 5.74) is 1.93. The van der Waals surface area contributed by atoms with E-state index >= 15 is 0 Å². The molecule has 0 saturated carbocycles. The molecule has 0 saturated heterocycles. The maximum Gasteiger partial charge on any atom is 0.337 e. The second-order valence-electron chi connectivity index (χ2n) is 7.35. The molecule has 0 aliphatic carbocycles. The highest BCUT2D eigenvalue weighted by atomic mass is 16.5. The van der Waals surface area contributed by atoms with Crippen LogP contribution in [0.5, 0.6) is 5.75 Å². The zero-order valence-electron chi connectivity index (χ0n) is 18.0. The molecule has 2 aromatic heterocycles. The van der Waals surface area contributed by atoms with Gasteiger partial charge in [0.1, 0.15) is 12.3 Å². The molecule has 0 fully saturated rings. The number of ether oxygens (including phenoxy) is 1. The maximum atomic E-state index is 13.4. The Kier molecular flexibility index (Phi) is 5.59. The summed E-state index contributed by atoms with van der Waals surface area (Å²) in [4.78, 5) is 43.6. The maximum absolute atomic E-state index is 13.4. The molecule has 0 aliphatic rings. The molecule has 0 atom stereocenters. The van der Waals surface area contributed by atoms with Crippen molar-refractivity contribution >= 4 is 22.6 Å². The molecule has 0 radical (unpaired) electrons. The van der Waals surface area contributed by atoms with E-state index in [0.717, 1.165) is 15.7 Å². The van der Waals surface area contributed by atoms with Crippen LogP contribution in [0.3, 0.4) is 0 Å².